The maximum Gasteiger partial charge on any atom is 0.332 e. The molecule has 2 N–H and O–H groups in total. The van der Waals surface area contributed by atoms with Crippen LogP contribution in [0.5, 0.6) is 0 Å². The molecule has 0 heterocycles. The number of carboxylic acids is 2. The van der Waals surface area contributed by atoms with Crippen molar-refractivity contribution in [2.45, 2.75) is 33.1 Å². The van der Waals surface area contributed by atoms with Gasteiger partial charge < -0.3 is 10.2 Å². The van der Waals surface area contributed by atoms with Gasteiger partial charge in [0.1, 0.15) is 0 Å². The summed E-state index contributed by atoms with van der Waals surface area (Å²) in [5.41, 5.74) is 1.12. The lowest BCUT2D eigenvalue weighted by molar-refractivity contribution is -0.135. The lowest BCUT2D eigenvalue weighted by atomic mass is 9.94. The predicted octanol–water partition coefficient (Wildman–Crippen LogP) is 3.02. The summed E-state index contributed by atoms with van der Waals surface area (Å²) in [4.78, 5) is 21.9. The second-order valence-corrected chi connectivity index (χ2v) is 4.97. The fourth-order valence-electron chi connectivity index (χ4n) is 2.38. The van der Waals surface area contributed by atoms with Gasteiger partial charge in [0.25, 0.3) is 0 Å². The molecule has 0 aromatic rings. The minimum absolute atomic E-state index is 0.0994. The first-order valence-electron chi connectivity index (χ1n) is 6.44. The standard InChI is InChI=1S/C15H20O4/c1-3-4-12(8-11-6-5-10(2)7-11)13(15(18)19)9-14(16)17/h3-4,8-10,12H,5-7H2,1-2H3,(H,16,17)(H,18,19). The molecule has 1 aliphatic carbocycles. The Hall–Kier alpha value is -1.84. The lowest BCUT2D eigenvalue weighted by Gasteiger charge is -2.10. The van der Waals surface area contributed by atoms with E-state index in [0.29, 0.717) is 5.92 Å². The molecule has 19 heavy (non-hydrogen) atoms. The van der Waals surface area contributed by atoms with Crippen LogP contribution in [0.25, 0.3) is 0 Å². The van der Waals surface area contributed by atoms with Crippen LogP contribution in [0.1, 0.15) is 33.1 Å². The molecule has 0 amide bonds. The van der Waals surface area contributed by atoms with Crippen LogP contribution in [-0.4, -0.2) is 22.2 Å². The molecule has 104 valence electrons. The highest BCUT2D eigenvalue weighted by Gasteiger charge is 2.21. The number of hydrogen-bond donors (Lipinski definition) is 2. The molecule has 0 radical (unpaired) electrons. The molecular weight excluding hydrogens is 244 g/mol. The first kappa shape index (κ1) is 15.2. The fourth-order valence-corrected chi connectivity index (χ4v) is 2.38. The topological polar surface area (TPSA) is 74.6 Å². The maximum absolute atomic E-state index is 11.2. The Labute approximate surface area is 113 Å². The van der Waals surface area contributed by atoms with Crippen LogP contribution in [0.3, 0.4) is 0 Å². The fraction of sp³-hybridized carbons (Fsp3) is 0.467. The van der Waals surface area contributed by atoms with Gasteiger partial charge in [0.15, 0.2) is 0 Å². The zero-order valence-electron chi connectivity index (χ0n) is 11.3. The number of rotatable bonds is 5. The molecule has 0 aromatic carbocycles. The van der Waals surface area contributed by atoms with E-state index in [9.17, 15) is 9.59 Å². The predicted molar refractivity (Wildman–Crippen MR) is 72.8 cm³/mol. The normalized spacial score (nSPS) is 24.0. The molecule has 0 saturated heterocycles. The van der Waals surface area contributed by atoms with Gasteiger partial charge >= 0.3 is 11.9 Å². The molecule has 0 aliphatic heterocycles. The Morgan fingerprint density at radius 3 is 2.47 bits per heavy atom. The van der Waals surface area contributed by atoms with Crippen molar-refractivity contribution in [2.24, 2.45) is 11.8 Å². The van der Waals surface area contributed by atoms with Crippen molar-refractivity contribution < 1.29 is 19.8 Å². The Kier molecular flexibility index (Phi) is 5.55. The summed E-state index contributed by atoms with van der Waals surface area (Å²) >= 11 is 0. The van der Waals surface area contributed by atoms with Gasteiger partial charge in [-0.25, -0.2) is 9.59 Å². The average Bonchev–Trinajstić information content (AvgIpc) is 2.71. The van der Waals surface area contributed by atoms with Gasteiger partial charge in [0.05, 0.1) is 5.57 Å². The third-order valence-corrected chi connectivity index (χ3v) is 3.27. The van der Waals surface area contributed by atoms with Crippen LogP contribution in [0.15, 0.2) is 35.5 Å². The lowest BCUT2D eigenvalue weighted by Crippen LogP contribution is -2.12. The van der Waals surface area contributed by atoms with Crippen LogP contribution in [-0.2, 0) is 9.59 Å². The van der Waals surface area contributed by atoms with Gasteiger partial charge in [-0.3, -0.25) is 0 Å². The first-order valence-corrected chi connectivity index (χ1v) is 6.44. The highest BCUT2D eigenvalue weighted by molar-refractivity contribution is 5.95. The van der Waals surface area contributed by atoms with Crippen LogP contribution < -0.4 is 0 Å². The second-order valence-electron chi connectivity index (χ2n) is 4.97. The van der Waals surface area contributed by atoms with E-state index < -0.39 is 17.9 Å². The van der Waals surface area contributed by atoms with E-state index in [0.717, 1.165) is 25.3 Å². The van der Waals surface area contributed by atoms with Crippen molar-refractivity contribution in [1.82, 2.24) is 0 Å². The highest BCUT2D eigenvalue weighted by atomic mass is 16.4. The molecule has 1 saturated carbocycles. The van der Waals surface area contributed by atoms with Crippen molar-refractivity contribution in [1.29, 1.82) is 0 Å². The van der Waals surface area contributed by atoms with Gasteiger partial charge in [0, 0.05) is 12.0 Å². The summed E-state index contributed by atoms with van der Waals surface area (Å²) in [6.45, 7) is 3.96. The second kappa shape index (κ2) is 6.92. The van der Waals surface area contributed by atoms with Crippen molar-refractivity contribution >= 4 is 11.9 Å². The van der Waals surface area contributed by atoms with Gasteiger partial charge in [-0.1, -0.05) is 30.7 Å². The van der Waals surface area contributed by atoms with Gasteiger partial charge in [-0.15, -0.1) is 0 Å². The van der Waals surface area contributed by atoms with Crippen molar-refractivity contribution in [3.8, 4) is 0 Å². The summed E-state index contributed by atoms with van der Waals surface area (Å²) < 4.78 is 0. The molecule has 1 rings (SSSR count). The number of hydrogen-bond acceptors (Lipinski definition) is 2. The minimum atomic E-state index is -1.23. The van der Waals surface area contributed by atoms with E-state index in [4.69, 9.17) is 10.2 Å². The summed E-state index contributed by atoms with van der Waals surface area (Å²) in [6, 6.07) is 0. The van der Waals surface area contributed by atoms with Crippen LogP contribution in [0.4, 0.5) is 0 Å². The number of carboxylic acid groups (broad SMARTS) is 2. The van der Waals surface area contributed by atoms with E-state index in [2.05, 4.69) is 6.92 Å². The molecule has 2 unspecified atom stereocenters. The van der Waals surface area contributed by atoms with Gasteiger partial charge in [-0.2, -0.15) is 0 Å². The SMILES string of the molecule is CC=CC(C=C1CCC(C)C1)C(=CC(=O)O)C(=O)O. The Balaban J connectivity index is 3.05. The first-order chi connectivity index (χ1) is 8.93. The zero-order chi connectivity index (χ0) is 14.4. The Morgan fingerprint density at radius 2 is 2.05 bits per heavy atom. The van der Waals surface area contributed by atoms with E-state index >= 15 is 0 Å². The molecular formula is C15H20O4. The third-order valence-electron chi connectivity index (χ3n) is 3.27. The third kappa shape index (κ3) is 4.73. The van der Waals surface area contributed by atoms with E-state index in [-0.39, 0.29) is 5.57 Å². The van der Waals surface area contributed by atoms with Gasteiger partial charge in [0.2, 0.25) is 0 Å². The highest BCUT2D eigenvalue weighted by Crippen LogP contribution is 2.32. The zero-order valence-corrected chi connectivity index (χ0v) is 11.3. The van der Waals surface area contributed by atoms with E-state index in [1.165, 1.54) is 5.57 Å². The smallest absolute Gasteiger partial charge is 0.332 e. The largest absolute Gasteiger partial charge is 0.478 e. The number of aliphatic carboxylic acids is 2. The number of carbonyl (C=O) groups is 2. The quantitative estimate of drug-likeness (QED) is 0.591. The van der Waals surface area contributed by atoms with Gasteiger partial charge in [-0.05, 0) is 32.1 Å². The molecule has 4 heteroatoms. The van der Waals surface area contributed by atoms with Crippen molar-refractivity contribution in [3.63, 3.8) is 0 Å². The van der Waals surface area contributed by atoms with Crippen LogP contribution >= 0.6 is 0 Å². The summed E-state index contributed by atoms with van der Waals surface area (Å²) in [6.07, 6.45) is 9.19. The molecule has 0 spiro atoms. The minimum Gasteiger partial charge on any atom is -0.478 e. The summed E-state index contributed by atoms with van der Waals surface area (Å²) in [5.74, 6) is -2.27. The maximum atomic E-state index is 11.2. The molecule has 1 fully saturated rings. The summed E-state index contributed by atoms with van der Waals surface area (Å²) in [7, 11) is 0. The monoisotopic (exact) mass is 264 g/mol. The van der Waals surface area contributed by atoms with E-state index in [1.807, 2.05) is 6.08 Å². The van der Waals surface area contributed by atoms with Crippen LogP contribution in [0.2, 0.25) is 0 Å². The molecule has 1 aliphatic rings. The Bertz CT molecular complexity index is 443. The molecule has 0 aromatic heterocycles. The van der Waals surface area contributed by atoms with Crippen molar-refractivity contribution in [2.75, 3.05) is 0 Å². The van der Waals surface area contributed by atoms with Crippen LogP contribution in [0, 0.1) is 11.8 Å². The average molecular weight is 264 g/mol. The molecule has 4 nitrogen and oxygen atoms in total. The van der Waals surface area contributed by atoms with Crippen molar-refractivity contribution in [3.05, 3.63) is 35.5 Å². The number of allylic oxidation sites excluding steroid dienone is 4. The Morgan fingerprint density at radius 1 is 1.37 bits per heavy atom. The van der Waals surface area contributed by atoms with E-state index in [1.54, 1.807) is 19.1 Å². The molecule has 0 bridgehead atoms. The molecule has 2 atom stereocenters. The summed E-state index contributed by atoms with van der Waals surface area (Å²) in [5, 5.41) is 17.9.